The Morgan fingerprint density at radius 2 is 1.86 bits per heavy atom. The van der Waals surface area contributed by atoms with E-state index in [1.165, 1.54) is 16.7 Å². The first-order valence-corrected chi connectivity index (χ1v) is 5.12. The minimum absolute atomic E-state index is 0.263. The molecule has 14 heavy (non-hydrogen) atoms. The molecule has 0 N–H and O–H groups in total. The molecule has 0 fully saturated rings. The SMILES string of the molecule is CCc1ccc(C2=CC(=O)CC2)cc1. The lowest BCUT2D eigenvalue weighted by molar-refractivity contribution is -0.114. The highest BCUT2D eigenvalue weighted by Gasteiger charge is 2.12. The van der Waals surface area contributed by atoms with Gasteiger partial charge in [-0.2, -0.15) is 0 Å². The maximum atomic E-state index is 11.1. The Morgan fingerprint density at radius 1 is 1.14 bits per heavy atom. The summed E-state index contributed by atoms with van der Waals surface area (Å²) < 4.78 is 0. The van der Waals surface area contributed by atoms with Crippen molar-refractivity contribution in [1.82, 2.24) is 0 Å². The predicted octanol–water partition coefficient (Wildman–Crippen LogP) is 3.00. The van der Waals surface area contributed by atoms with E-state index in [2.05, 4.69) is 31.2 Å². The van der Waals surface area contributed by atoms with Crippen LogP contribution >= 0.6 is 0 Å². The third kappa shape index (κ3) is 1.77. The van der Waals surface area contributed by atoms with Crippen molar-refractivity contribution in [2.75, 3.05) is 0 Å². The molecule has 0 aliphatic heterocycles. The monoisotopic (exact) mass is 186 g/mol. The van der Waals surface area contributed by atoms with Crippen LogP contribution in [0.1, 0.15) is 30.9 Å². The van der Waals surface area contributed by atoms with Crippen molar-refractivity contribution in [3.63, 3.8) is 0 Å². The molecule has 0 atom stereocenters. The van der Waals surface area contributed by atoms with Gasteiger partial charge in [-0.1, -0.05) is 31.2 Å². The molecule has 72 valence electrons. The van der Waals surface area contributed by atoms with Gasteiger partial charge in [-0.05, 0) is 35.6 Å². The minimum atomic E-state index is 0.263. The van der Waals surface area contributed by atoms with Crippen molar-refractivity contribution in [3.8, 4) is 0 Å². The van der Waals surface area contributed by atoms with Gasteiger partial charge in [0.05, 0.1) is 0 Å². The number of hydrogen-bond acceptors (Lipinski definition) is 1. The van der Waals surface area contributed by atoms with Crippen molar-refractivity contribution < 1.29 is 4.79 Å². The smallest absolute Gasteiger partial charge is 0.156 e. The van der Waals surface area contributed by atoms with Gasteiger partial charge in [0.25, 0.3) is 0 Å². The topological polar surface area (TPSA) is 17.1 Å². The molecule has 0 saturated heterocycles. The zero-order valence-electron chi connectivity index (χ0n) is 8.42. The van der Waals surface area contributed by atoms with Gasteiger partial charge in [0, 0.05) is 6.42 Å². The maximum Gasteiger partial charge on any atom is 0.156 e. The molecule has 1 aliphatic rings. The van der Waals surface area contributed by atoms with Crippen LogP contribution in [-0.4, -0.2) is 5.78 Å². The number of carbonyl (C=O) groups is 1. The highest BCUT2D eigenvalue weighted by molar-refractivity contribution is 6.01. The summed E-state index contributed by atoms with van der Waals surface area (Å²) in [5.41, 5.74) is 3.74. The number of allylic oxidation sites excluding steroid dienone is 2. The Labute approximate surface area is 84.5 Å². The van der Waals surface area contributed by atoms with E-state index < -0.39 is 0 Å². The molecule has 1 aromatic rings. The van der Waals surface area contributed by atoms with Gasteiger partial charge in [-0.3, -0.25) is 4.79 Å². The van der Waals surface area contributed by atoms with Crippen LogP contribution < -0.4 is 0 Å². The van der Waals surface area contributed by atoms with E-state index in [0.29, 0.717) is 6.42 Å². The van der Waals surface area contributed by atoms with E-state index in [-0.39, 0.29) is 5.78 Å². The number of rotatable bonds is 2. The molecule has 0 unspecified atom stereocenters. The molecule has 0 spiro atoms. The van der Waals surface area contributed by atoms with Gasteiger partial charge < -0.3 is 0 Å². The van der Waals surface area contributed by atoms with E-state index in [0.717, 1.165) is 12.8 Å². The van der Waals surface area contributed by atoms with E-state index in [1.54, 1.807) is 6.08 Å². The number of carbonyl (C=O) groups excluding carboxylic acids is 1. The normalized spacial score (nSPS) is 15.8. The van der Waals surface area contributed by atoms with Crippen molar-refractivity contribution >= 4 is 11.4 Å². The Morgan fingerprint density at radius 3 is 2.36 bits per heavy atom. The Kier molecular flexibility index (Phi) is 2.49. The quantitative estimate of drug-likeness (QED) is 0.694. The Balaban J connectivity index is 2.25. The summed E-state index contributed by atoms with van der Waals surface area (Å²) in [5, 5.41) is 0. The molecule has 0 amide bonds. The van der Waals surface area contributed by atoms with Crippen LogP contribution in [0.3, 0.4) is 0 Å². The zero-order chi connectivity index (χ0) is 9.97. The molecule has 0 saturated carbocycles. The fourth-order valence-corrected chi connectivity index (χ4v) is 1.78. The van der Waals surface area contributed by atoms with Crippen LogP contribution in [0.25, 0.3) is 5.57 Å². The molecule has 0 aromatic heterocycles. The number of aryl methyl sites for hydroxylation is 1. The predicted molar refractivity (Wildman–Crippen MR) is 58.0 cm³/mol. The van der Waals surface area contributed by atoms with Crippen LogP contribution in [0.4, 0.5) is 0 Å². The molecular formula is C13H14O. The number of benzene rings is 1. The van der Waals surface area contributed by atoms with Crippen molar-refractivity contribution in [2.45, 2.75) is 26.2 Å². The molecule has 0 heterocycles. The first-order chi connectivity index (χ1) is 6.79. The summed E-state index contributed by atoms with van der Waals surface area (Å²) in [5.74, 6) is 0.263. The summed E-state index contributed by atoms with van der Waals surface area (Å²) >= 11 is 0. The number of hydrogen-bond donors (Lipinski definition) is 0. The van der Waals surface area contributed by atoms with Crippen LogP contribution in [0, 0.1) is 0 Å². The molecular weight excluding hydrogens is 172 g/mol. The molecule has 1 aliphatic carbocycles. The second kappa shape index (κ2) is 3.79. The summed E-state index contributed by atoms with van der Waals surface area (Å²) in [7, 11) is 0. The summed E-state index contributed by atoms with van der Waals surface area (Å²) in [6.07, 6.45) is 4.44. The molecule has 1 nitrogen and oxygen atoms in total. The third-order valence-electron chi connectivity index (χ3n) is 2.71. The average molecular weight is 186 g/mol. The van der Waals surface area contributed by atoms with Crippen molar-refractivity contribution in [1.29, 1.82) is 0 Å². The van der Waals surface area contributed by atoms with Crippen LogP contribution in [0.5, 0.6) is 0 Å². The zero-order valence-corrected chi connectivity index (χ0v) is 8.42. The summed E-state index contributed by atoms with van der Waals surface area (Å²) in [6, 6.07) is 8.50. The second-order valence-electron chi connectivity index (χ2n) is 3.69. The second-order valence-corrected chi connectivity index (χ2v) is 3.69. The third-order valence-corrected chi connectivity index (χ3v) is 2.71. The largest absolute Gasteiger partial charge is 0.295 e. The van der Waals surface area contributed by atoms with Gasteiger partial charge in [0.15, 0.2) is 5.78 Å². The lowest BCUT2D eigenvalue weighted by Crippen LogP contribution is -1.83. The first-order valence-electron chi connectivity index (χ1n) is 5.12. The van der Waals surface area contributed by atoms with Crippen molar-refractivity contribution in [2.24, 2.45) is 0 Å². The lowest BCUT2D eigenvalue weighted by atomic mass is 10.0. The van der Waals surface area contributed by atoms with Crippen LogP contribution in [0.15, 0.2) is 30.3 Å². The Hall–Kier alpha value is -1.37. The minimum Gasteiger partial charge on any atom is -0.295 e. The number of ketones is 1. The van der Waals surface area contributed by atoms with Gasteiger partial charge >= 0.3 is 0 Å². The summed E-state index contributed by atoms with van der Waals surface area (Å²) in [6.45, 7) is 2.15. The van der Waals surface area contributed by atoms with Crippen LogP contribution in [-0.2, 0) is 11.2 Å². The van der Waals surface area contributed by atoms with Crippen LogP contribution in [0.2, 0.25) is 0 Å². The summed E-state index contributed by atoms with van der Waals surface area (Å²) in [4.78, 5) is 11.1. The Bertz CT molecular complexity index is 371. The average Bonchev–Trinajstić information content (AvgIpc) is 2.65. The highest BCUT2D eigenvalue weighted by Crippen LogP contribution is 2.25. The van der Waals surface area contributed by atoms with E-state index in [4.69, 9.17) is 0 Å². The molecule has 0 bridgehead atoms. The molecule has 0 radical (unpaired) electrons. The molecule has 2 rings (SSSR count). The highest BCUT2D eigenvalue weighted by atomic mass is 16.1. The van der Waals surface area contributed by atoms with E-state index in [1.807, 2.05) is 0 Å². The molecule has 1 heteroatoms. The fraction of sp³-hybridized carbons (Fsp3) is 0.308. The van der Waals surface area contributed by atoms with E-state index >= 15 is 0 Å². The van der Waals surface area contributed by atoms with Gasteiger partial charge in [-0.25, -0.2) is 0 Å². The lowest BCUT2D eigenvalue weighted by Gasteiger charge is -2.02. The standard InChI is InChI=1S/C13H14O/c1-2-10-3-5-11(6-4-10)12-7-8-13(14)9-12/h3-6,9H,2,7-8H2,1H3. The van der Waals surface area contributed by atoms with Gasteiger partial charge in [0.2, 0.25) is 0 Å². The van der Waals surface area contributed by atoms with E-state index in [9.17, 15) is 4.79 Å². The maximum absolute atomic E-state index is 11.1. The van der Waals surface area contributed by atoms with Gasteiger partial charge in [0.1, 0.15) is 0 Å². The van der Waals surface area contributed by atoms with Crippen molar-refractivity contribution in [3.05, 3.63) is 41.5 Å². The first kappa shape index (κ1) is 9.20. The van der Waals surface area contributed by atoms with Gasteiger partial charge in [-0.15, -0.1) is 0 Å². The fourth-order valence-electron chi connectivity index (χ4n) is 1.78. The molecule has 1 aromatic carbocycles.